The number of hydrogen-bond donors (Lipinski definition) is 0. The average Bonchev–Trinajstić information content (AvgIpc) is 2.15. The fourth-order valence-electron chi connectivity index (χ4n) is 1.65. The summed E-state index contributed by atoms with van der Waals surface area (Å²) in [4.78, 5) is 4.17. The van der Waals surface area contributed by atoms with Crippen LogP contribution in [-0.2, 0) is 23.0 Å². The number of aromatic nitrogens is 1. The summed E-state index contributed by atoms with van der Waals surface area (Å²) in [6.07, 6.45) is 1.85. The van der Waals surface area contributed by atoms with Gasteiger partial charge in [0.2, 0.25) is 10.0 Å². The van der Waals surface area contributed by atoms with Crippen LogP contribution >= 0.6 is 11.6 Å². The van der Waals surface area contributed by atoms with Crippen molar-refractivity contribution in [3.05, 3.63) is 28.5 Å². The fraction of sp³-hybridized carbons (Fsp3) is 0.444. The summed E-state index contributed by atoms with van der Waals surface area (Å²) in [5, 5.41) is 0.460. The van der Waals surface area contributed by atoms with Crippen LogP contribution in [0.1, 0.15) is 11.3 Å². The number of sulfonamides is 1. The minimum Gasteiger partial charge on any atom is -0.241 e. The number of pyridine rings is 1. The summed E-state index contributed by atoms with van der Waals surface area (Å²) >= 11 is 5.76. The first-order valence-electron chi connectivity index (χ1n) is 4.56. The minimum atomic E-state index is -3.11. The Morgan fingerprint density at radius 3 is 2.87 bits per heavy atom. The molecule has 0 fully saturated rings. The molecule has 0 radical (unpaired) electrons. The molecule has 1 aliphatic heterocycles. The maximum Gasteiger partial charge on any atom is 0.211 e. The van der Waals surface area contributed by atoms with Crippen LogP contribution in [0.15, 0.2) is 12.1 Å². The lowest BCUT2D eigenvalue weighted by Crippen LogP contribution is -2.35. The number of hydrogen-bond acceptors (Lipinski definition) is 3. The highest BCUT2D eigenvalue weighted by molar-refractivity contribution is 7.88. The molecule has 0 atom stereocenters. The van der Waals surface area contributed by atoms with E-state index in [1.54, 1.807) is 6.07 Å². The van der Waals surface area contributed by atoms with E-state index in [9.17, 15) is 8.42 Å². The van der Waals surface area contributed by atoms with E-state index in [2.05, 4.69) is 4.98 Å². The van der Waals surface area contributed by atoms with E-state index in [0.717, 1.165) is 11.3 Å². The summed E-state index contributed by atoms with van der Waals surface area (Å²) < 4.78 is 24.1. The van der Waals surface area contributed by atoms with Gasteiger partial charge in [-0.25, -0.2) is 13.4 Å². The van der Waals surface area contributed by atoms with Crippen LogP contribution in [0.5, 0.6) is 0 Å². The molecule has 0 aliphatic carbocycles. The topological polar surface area (TPSA) is 50.3 Å². The van der Waals surface area contributed by atoms with E-state index < -0.39 is 10.0 Å². The van der Waals surface area contributed by atoms with Gasteiger partial charge in [0.15, 0.2) is 0 Å². The third-order valence-corrected chi connectivity index (χ3v) is 3.91. The Labute approximate surface area is 93.9 Å². The smallest absolute Gasteiger partial charge is 0.211 e. The van der Waals surface area contributed by atoms with Gasteiger partial charge in [-0.15, -0.1) is 0 Å². The third kappa shape index (κ3) is 2.30. The molecular weight excluding hydrogens is 236 g/mol. The molecule has 0 spiro atoms. The second-order valence-electron chi connectivity index (χ2n) is 3.59. The third-order valence-electron chi connectivity index (χ3n) is 2.45. The van der Waals surface area contributed by atoms with Crippen LogP contribution in [0.3, 0.4) is 0 Å². The van der Waals surface area contributed by atoms with Crippen LogP contribution in [0.25, 0.3) is 0 Å². The normalized spacial score (nSPS) is 17.5. The predicted molar refractivity (Wildman–Crippen MR) is 58.2 cm³/mol. The molecule has 0 aromatic carbocycles. The van der Waals surface area contributed by atoms with Gasteiger partial charge in [-0.3, -0.25) is 0 Å². The van der Waals surface area contributed by atoms with Crippen molar-refractivity contribution in [2.75, 3.05) is 12.8 Å². The molecule has 4 nitrogen and oxygen atoms in total. The largest absolute Gasteiger partial charge is 0.241 e. The summed E-state index contributed by atoms with van der Waals surface area (Å²) in [7, 11) is -3.11. The minimum absolute atomic E-state index is 0.401. The lowest BCUT2D eigenvalue weighted by Gasteiger charge is -2.25. The van der Waals surface area contributed by atoms with Crippen molar-refractivity contribution in [2.45, 2.75) is 13.0 Å². The highest BCUT2D eigenvalue weighted by Gasteiger charge is 2.23. The van der Waals surface area contributed by atoms with Crippen molar-refractivity contribution in [1.29, 1.82) is 0 Å². The van der Waals surface area contributed by atoms with Crippen molar-refractivity contribution in [3.63, 3.8) is 0 Å². The summed E-state index contributed by atoms with van der Waals surface area (Å²) in [5.41, 5.74) is 1.85. The Bertz CT molecular complexity index is 487. The van der Waals surface area contributed by atoms with Gasteiger partial charge in [0, 0.05) is 25.2 Å². The maximum atomic E-state index is 11.3. The molecule has 0 bridgehead atoms. The first-order valence-corrected chi connectivity index (χ1v) is 6.79. The highest BCUT2D eigenvalue weighted by atomic mass is 35.5. The Kier molecular flexibility index (Phi) is 2.70. The summed E-state index contributed by atoms with van der Waals surface area (Å²) in [6.45, 7) is 0.886. The highest BCUT2D eigenvalue weighted by Crippen LogP contribution is 2.20. The number of fused-ring (bicyclic) bond motifs is 1. The molecule has 0 saturated carbocycles. The lowest BCUT2D eigenvalue weighted by molar-refractivity contribution is 0.391. The van der Waals surface area contributed by atoms with Gasteiger partial charge in [-0.2, -0.15) is 4.31 Å². The van der Waals surface area contributed by atoms with E-state index >= 15 is 0 Å². The zero-order valence-corrected chi connectivity index (χ0v) is 9.85. The Balaban J connectivity index is 2.32. The monoisotopic (exact) mass is 246 g/mol. The summed E-state index contributed by atoms with van der Waals surface area (Å²) in [6, 6.07) is 3.52. The van der Waals surface area contributed by atoms with Gasteiger partial charge in [0.05, 0.1) is 6.26 Å². The lowest BCUT2D eigenvalue weighted by atomic mass is 10.1. The molecule has 0 N–H and O–H groups in total. The Hall–Kier alpha value is -0.650. The average molecular weight is 247 g/mol. The number of halogens is 1. The number of rotatable bonds is 1. The maximum absolute atomic E-state index is 11.3. The van der Waals surface area contributed by atoms with Gasteiger partial charge in [0.1, 0.15) is 5.15 Å². The second kappa shape index (κ2) is 3.73. The van der Waals surface area contributed by atoms with Gasteiger partial charge in [-0.1, -0.05) is 17.7 Å². The van der Waals surface area contributed by atoms with E-state index in [0.29, 0.717) is 24.7 Å². The van der Waals surface area contributed by atoms with Crippen molar-refractivity contribution in [3.8, 4) is 0 Å². The Morgan fingerprint density at radius 2 is 2.20 bits per heavy atom. The van der Waals surface area contributed by atoms with Crippen LogP contribution in [0, 0.1) is 0 Å². The molecule has 2 heterocycles. The first kappa shape index (κ1) is 10.9. The standard InChI is InChI=1S/C9H11ClN2O2S/c1-15(13,14)12-5-4-8-7(6-12)2-3-9(10)11-8/h2-3H,4-6H2,1H3. The van der Waals surface area contributed by atoms with Crippen molar-refractivity contribution >= 4 is 21.6 Å². The molecular formula is C9H11ClN2O2S. The fourth-order valence-corrected chi connectivity index (χ4v) is 2.61. The SMILES string of the molecule is CS(=O)(=O)N1CCc2nc(Cl)ccc2C1. The second-order valence-corrected chi connectivity index (χ2v) is 5.96. The van der Waals surface area contributed by atoms with Crippen molar-refractivity contribution in [1.82, 2.24) is 9.29 Å². The van der Waals surface area contributed by atoms with Gasteiger partial charge < -0.3 is 0 Å². The van der Waals surface area contributed by atoms with E-state index in [4.69, 9.17) is 11.6 Å². The molecule has 0 amide bonds. The zero-order valence-electron chi connectivity index (χ0n) is 8.27. The molecule has 6 heteroatoms. The molecule has 0 unspecified atom stereocenters. The quantitative estimate of drug-likeness (QED) is 0.696. The van der Waals surface area contributed by atoms with Gasteiger partial charge in [-0.05, 0) is 11.6 Å². The zero-order chi connectivity index (χ0) is 11.1. The molecule has 0 saturated heterocycles. The van der Waals surface area contributed by atoms with E-state index in [-0.39, 0.29) is 0 Å². The molecule has 1 aromatic heterocycles. The van der Waals surface area contributed by atoms with Crippen molar-refractivity contribution in [2.24, 2.45) is 0 Å². The van der Waals surface area contributed by atoms with Gasteiger partial charge in [0.25, 0.3) is 0 Å². The van der Waals surface area contributed by atoms with Gasteiger partial charge >= 0.3 is 0 Å². The Morgan fingerprint density at radius 1 is 1.47 bits per heavy atom. The van der Waals surface area contributed by atoms with Crippen LogP contribution in [0.4, 0.5) is 0 Å². The molecule has 82 valence electrons. The molecule has 1 aliphatic rings. The van der Waals surface area contributed by atoms with E-state index in [1.165, 1.54) is 10.6 Å². The predicted octanol–water partition coefficient (Wildman–Crippen LogP) is 1.05. The first-order chi connectivity index (χ1) is 6.97. The summed E-state index contributed by atoms with van der Waals surface area (Å²) in [5.74, 6) is 0. The molecule has 15 heavy (non-hydrogen) atoms. The van der Waals surface area contributed by atoms with E-state index in [1.807, 2.05) is 6.07 Å². The van der Waals surface area contributed by atoms with Crippen LogP contribution in [-0.4, -0.2) is 30.5 Å². The number of nitrogens with zero attached hydrogens (tertiary/aromatic N) is 2. The molecule has 1 aromatic rings. The van der Waals surface area contributed by atoms with Crippen LogP contribution in [0.2, 0.25) is 5.15 Å². The van der Waals surface area contributed by atoms with Crippen LogP contribution < -0.4 is 0 Å². The van der Waals surface area contributed by atoms with Crippen molar-refractivity contribution < 1.29 is 8.42 Å². The molecule has 2 rings (SSSR count).